The zero-order chi connectivity index (χ0) is 18.4. The molecule has 0 bridgehead atoms. The fourth-order valence-corrected chi connectivity index (χ4v) is 2.70. The number of nitrogens with zero attached hydrogens (tertiary/aromatic N) is 3. The number of nitrogens with two attached hydrogens (primary N) is 1. The summed E-state index contributed by atoms with van der Waals surface area (Å²) in [6, 6.07) is 9.91. The first-order valence-corrected chi connectivity index (χ1v) is 8.66. The summed E-state index contributed by atoms with van der Waals surface area (Å²) in [5.74, 6) is 1.10. The zero-order valence-electron chi connectivity index (χ0n) is 15.2. The smallest absolute Gasteiger partial charge is 0.222 e. The van der Waals surface area contributed by atoms with Gasteiger partial charge in [-0.3, -0.25) is 4.98 Å². The van der Waals surface area contributed by atoms with Gasteiger partial charge in [0.25, 0.3) is 0 Å². The van der Waals surface area contributed by atoms with Crippen molar-refractivity contribution < 1.29 is 9.84 Å². The molecule has 0 aliphatic heterocycles. The van der Waals surface area contributed by atoms with Gasteiger partial charge in [0.05, 0.1) is 24.5 Å². The van der Waals surface area contributed by atoms with Gasteiger partial charge < -0.3 is 20.9 Å². The third-order valence-electron chi connectivity index (χ3n) is 4.04. The summed E-state index contributed by atoms with van der Waals surface area (Å²) in [5.41, 5.74) is 6.50. The van der Waals surface area contributed by atoms with Crippen LogP contribution in [0.15, 0.2) is 42.7 Å². The van der Waals surface area contributed by atoms with Crippen LogP contribution >= 0.6 is 13.5 Å². The van der Waals surface area contributed by atoms with Crippen molar-refractivity contribution in [3.8, 4) is 5.75 Å². The van der Waals surface area contributed by atoms with Crippen LogP contribution in [0.2, 0.25) is 0 Å². The summed E-state index contributed by atoms with van der Waals surface area (Å²) in [6.45, 7) is 2.34. The molecule has 4 N–H and O–H groups in total. The van der Waals surface area contributed by atoms with Crippen LogP contribution in [0.3, 0.4) is 0 Å². The number of anilines is 2. The molecular weight excluding hydrogens is 362 g/mol. The number of fused-ring (bicyclic) bond motifs is 1. The third-order valence-corrected chi connectivity index (χ3v) is 4.04. The molecule has 2 aromatic heterocycles. The van der Waals surface area contributed by atoms with E-state index < -0.39 is 0 Å². The maximum absolute atomic E-state index is 9.50. The molecule has 1 atom stereocenters. The van der Waals surface area contributed by atoms with Crippen LogP contribution in [-0.2, 0) is 6.61 Å². The minimum absolute atomic E-state index is 0. The van der Waals surface area contributed by atoms with Gasteiger partial charge in [-0.2, -0.15) is 18.5 Å². The van der Waals surface area contributed by atoms with Gasteiger partial charge in [0, 0.05) is 11.6 Å². The Balaban J connectivity index is 0.00000261. The van der Waals surface area contributed by atoms with Gasteiger partial charge in [-0.05, 0) is 17.9 Å². The molecule has 0 radical (unpaired) electrons. The van der Waals surface area contributed by atoms with Crippen molar-refractivity contribution in [2.75, 3.05) is 17.7 Å². The van der Waals surface area contributed by atoms with Crippen LogP contribution in [0.25, 0.3) is 10.8 Å². The Morgan fingerprint density at radius 1 is 1.19 bits per heavy atom. The lowest BCUT2D eigenvalue weighted by Crippen LogP contribution is -2.24. The monoisotopic (exact) mass is 387 g/mol. The SMILES string of the molecule is CCC[C@@H](CO)Nc1nc(N)ncc1OCc1cc2ccccc2cn1.S. The third kappa shape index (κ3) is 5.45. The lowest BCUT2D eigenvalue weighted by molar-refractivity contribution is 0.266. The van der Waals surface area contributed by atoms with E-state index in [0.29, 0.717) is 11.6 Å². The van der Waals surface area contributed by atoms with Crippen LogP contribution in [0, 0.1) is 0 Å². The second-order valence-corrected chi connectivity index (χ2v) is 6.07. The van der Waals surface area contributed by atoms with Crippen LogP contribution in [0.4, 0.5) is 11.8 Å². The molecule has 0 unspecified atom stereocenters. The molecule has 2 heterocycles. The number of hydrogen-bond acceptors (Lipinski definition) is 7. The summed E-state index contributed by atoms with van der Waals surface area (Å²) in [6.07, 6.45) is 5.11. The minimum atomic E-state index is -0.115. The lowest BCUT2D eigenvalue weighted by Gasteiger charge is -2.18. The van der Waals surface area contributed by atoms with Crippen molar-refractivity contribution in [3.63, 3.8) is 0 Å². The van der Waals surface area contributed by atoms with E-state index in [2.05, 4.69) is 27.2 Å². The Bertz CT molecular complexity index is 878. The minimum Gasteiger partial charge on any atom is -0.482 e. The molecule has 0 saturated carbocycles. The van der Waals surface area contributed by atoms with E-state index in [9.17, 15) is 5.11 Å². The Morgan fingerprint density at radius 3 is 2.70 bits per heavy atom. The van der Waals surface area contributed by atoms with E-state index in [1.165, 1.54) is 6.20 Å². The highest BCUT2D eigenvalue weighted by Gasteiger charge is 2.13. The van der Waals surface area contributed by atoms with Gasteiger partial charge in [-0.15, -0.1) is 0 Å². The van der Waals surface area contributed by atoms with Crippen LogP contribution in [0.1, 0.15) is 25.5 Å². The highest BCUT2D eigenvalue weighted by Crippen LogP contribution is 2.24. The first kappa shape index (κ1) is 20.7. The Hall–Kier alpha value is -2.58. The zero-order valence-corrected chi connectivity index (χ0v) is 16.2. The van der Waals surface area contributed by atoms with E-state index in [-0.39, 0.29) is 38.7 Å². The summed E-state index contributed by atoms with van der Waals surface area (Å²) in [5, 5.41) is 14.9. The highest BCUT2D eigenvalue weighted by molar-refractivity contribution is 7.59. The van der Waals surface area contributed by atoms with Crippen molar-refractivity contribution in [1.29, 1.82) is 0 Å². The summed E-state index contributed by atoms with van der Waals surface area (Å²) < 4.78 is 5.86. The number of hydrogen-bond donors (Lipinski definition) is 3. The molecule has 8 heteroatoms. The molecule has 3 aromatic rings. The standard InChI is InChI=1S/C19H23N5O2.H2S/c1-2-5-15(11-25)23-18-17(10-22-19(20)24-18)26-12-16-8-13-6-3-4-7-14(13)9-21-16;/h3-4,6-10,15,25H,2,5,11-12H2,1H3,(H3,20,22,23,24);1H2/t15-;/m0./s1. The molecular formula is C19H25N5O2S. The number of nitrogens with one attached hydrogen (secondary N) is 1. The number of rotatable bonds is 8. The van der Waals surface area contributed by atoms with Crippen LogP contribution in [0.5, 0.6) is 5.75 Å². The van der Waals surface area contributed by atoms with Crippen molar-refractivity contribution in [2.45, 2.75) is 32.4 Å². The van der Waals surface area contributed by atoms with Gasteiger partial charge >= 0.3 is 0 Å². The van der Waals surface area contributed by atoms with E-state index in [1.54, 1.807) is 0 Å². The second kappa shape index (κ2) is 9.94. The fourth-order valence-electron chi connectivity index (χ4n) is 2.70. The fraction of sp³-hybridized carbons (Fsp3) is 0.316. The summed E-state index contributed by atoms with van der Waals surface area (Å²) >= 11 is 0. The lowest BCUT2D eigenvalue weighted by atomic mass is 10.1. The van der Waals surface area contributed by atoms with Gasteiger partial charge in [0.2, 0.25) is 5.95 Å². The molecule has 0 fully saturated rings. The maximum atomic E-state index is 9.50. The van der Waals surface area contributed by atoms with E-state index in [4.69, 9.17) is 10.5 Å². The first-order valence-electron chi connectivity index (χ1n) is 8.66. The molecule has 3 rings (SSSR count). The predicted octanol–water partition coefficient (Wildman–Crippen LogP) is 2.87. The number of ether oxygens (including phenoxy) is 1. The molecule has 144 valence electrons. The average Bonchev–Trinajstić information content (AvgIpc) is 2.67. The number of pyridine rings is 1. The molecule has 0 aliphatic carbocycles. The van der Waals surface area contributed by atoms with Crippen LogP contribution in [-0.4, -0.2) is 32.7 Å². The number of aliphatic hydroxyl groups is 1. The number of nitrogen functional groups attached to an aromatic ring is 1. The second-order valence-electron chi connectivity index (χ2n) is 6.07. The average molecular weight is 388 g/mol. The first-order chi connectivity index (χ1) is 12.7. The Morgan fingerprint density at radius 2 is 1.96 bits per heavy atom. The number of aromatic nitrogens is 3. The van der Waals surface area contributed by atoms with Gasteiger partial charge in [0.1, 0.15) is 6.61 Å². The maximum Gasteiger partial charge on any atom is 0.222 e. The van der Waals surface area contributed by atoms with Gasteiger partial charge in [0.15, 0.2) is 11.6 Å². The van der Waals surface area contributed by atoms with Gasteiger partial charge in [-0.25, -0.2) is 4.98 Å². The van der Waals surface area contributed by atoms with Crippen molar-refractivity contribution in [2.24, 2.45) is 0 Å². The van der Waals surface area contributed by atoms with Crippen molar-refractivity contribution in [1.82, 2.24) is 15.0 Å². The summed E-state index contributed by atoms with van der Waals surface area (Å²) in [7, 11) is 0. The highest BCUT2D eigenvalue weighted by atomic mass is 32.1. The van der Waals surface area contributed by atoms with Crippen LogP contribution < -0.4 is 15.8 Å². The number of benzene rings is 1. The molecule has 0 amide bonds. The molecule has 1 aromatic carbocycles. The Labute approximate surface area is 165 Å². The normalized spacial score (nSPS) is 11.6. The molecule has 7 nitrogen and oxygen atoms in total. The molecule has 0 spiro atoms. The van der Waals surface area contributed by atoms with E-state index in [1.807, 2.05) is 36.5 Å². The van der Waals surface area contributed by atoms with E-state index in [0.717, 1.165) is 29.3 Å². The van der Waals surface area contributed by atoms with Crippen molar-refractivity contribution in [3.05, 3.63) is 48.4 Å². The van der Waals surface area contributed by atoms with E-state index >= 15 is 0 Å². The molecule has 27 heavy (non-hydrogen) atoms. The van der Waals surface area contributed by atoms with Crippen molar-refractivity contribution >= 4 is 36.0 Å². The topological polar surface area (TPSA) is 106 Å². The quantitative estimate of drug-likeness (QED) is 0.546. The summed E-state index contributed by atoms with van der Waals surface area (Å²) in [4.78, 5) is 12.6. The van der Waals surface area contributed by atoms with Gasteiger partial charge in [-0.1, -0.05) is 37.6 Å². The molecule has 0 saturated heterocycles. The molecule has 0 aliphatic rings. The largest absolute Gasteiger partial charge is 0.482 e. The predicted molar refractivity (Wildman–Crippen MR) is 112 cm³/mol. The Kier molecular flexibility index (Phi) is 7.63. The number of aliphatic hydroxyl groups excluding tert-OH is 1.